The molecule has 17 heavy (non-hydrogen) atoms. The van der Waals surface area contributed by atoms with Crippen LogP contribution in [0.25, 0.3) is 0 Å². The molecule has 102 valence electrons. The minimum atomic E-state index is 0.471. The first-order valence-corrected chi connectivity index (χ1v) is 6.74. The Labute approximate surface area is 106 Å². The van der Waals surface area contributed by atoms with Crippen molar-refractivity contribution in [3.8, 4) is 0 Å². The molecule has 0 radical (unpaired) electrons. The number of morpholine rings is 1. The molecule has 1 heterocycles. The van der Waals surface area contributed by atoms with E-state index in [1.807, 2.05) is 0 Å². The topological polar surface area (TPSA) is 33.7 Å². The van der Waals surface area contributed by atoms with E-state index in [4.69, 9.17) is 9.47 Å². The van der Waals surface area contributed by atoms with Gasteiger partial charge in [-0.15, -0.1) is 0 Å². The molecule has 3 atom stereocenters. The molecule has 1 saturated heterocycles. The van der Waals surface area contributed by atoms with E-state index in [1.54, 1.807) is 7.11 Å². The number of ether oxygens (including phenoxy) is 2. The van der Waals surface area contributed by atoms with Gasteiger partial charge in [0.2, 0.25) is 0 Å². The van der Waals surface area contributed by atoms with E-state index < -0.39 is 0 Å². The molecule has 0 spiro atoms. The maximum absolute atomic E-state index is 5.47. The van der Waals surface area contributed by atoms with Crippen LogP contribution in [0.1, 0.15) is 27.2 Å². The Balaban J connectivity index is 2.29. The highest BCUT2D eigenvalue weighted by Gasteiger charge is 2.23. The van der Waals surface area contributed by atoms with Crippen LogP contribution in [0.4, 0.5) is 0 Å². The van der Waals surface area contributed by atoms with Gasteiger partial charge < -0.3 is 14.8 Å². The molecule has 1 N–H and O–H groups in total. The second-order valence-electron chi connectivity index (χ2n) is 4.98. The Morgan fingerprint density at radius 2 is 2.29 bits per heavy atom. The molecular weight excluding hydrogens is 216 g/mol. The van der Waals surface area contributed by atoms with Crippen LogP contribution in [0.15, 0.2) is 0 Å². The van der Waals surface area contributed by atoms with Crippen LogP contribution in [0.2, 0.25) is 0 Å². The molecule has 1 aliphatic rings. The van der Waals surface area contributed by atoms with Gasteiger partial charge >= 0.3 is 0 Å². The molecule has 0 aromatic rings. The summed E-state index contributed by atoms with van der Waals surface area (Å²) in [6, 6.07) is 1.56. The largest absolute Gasteiger partial charge is 0.383 e. The predicted octanol–water partition coefficient (Wildman–Crippen LogP) is 1.11. The molecule has 1 aliphatic heterocycles. The van der Waals surface area contributed by atoms with E-state index in [2.05, 4.69) is 31.0 Å². The maximum atomic E-state index is 5.47. The fourth-order valence-corrected chi connectivity index (χ4v) is 2.37. The predicted molar refractivity (Wildman–Crippen MR) is 70.4 cm³/mol. The summed E-state index contributed by atoms with van der Waals surface area (Å²) < 4.78 is 10.7. The molecule has 1 fully saturated rings. The molecule has 4 nitrogen and oxygen atoms in total. The minimum absolute atomic E-state index is 0.471. The van der Waals surface area contributed by atoms with Crippen LogP contribution in [0.3, 0.4) is 0 Å². The van der Waals surface area contributed by atoms with Gasteiger partial charge in [-0.1, -0.05) is 6.92 Å². The van der Waals surface area contributed by atoms with Crippen LogP contribution in [-0.2, 0) is 9.47 Å². The SMILES string of the molecule is CCC(COC)NCC(C)N1CCOCC1C. The van der Waals surface area contributed by atoms with Crippen LogP contribution >= 0.6 is 0 Å². The molecule has 3 unspecified atom stereocenters. The number of rotatable bonds is 7. The lowest BCUT2D eigenvalue weighted by Crippen LogP contribution is -2.52. The zero-order valence-electron chi connectivity index (χ0n) is 11.7. The van der Waals surface area contributed by atoms with E-state index in [1.165, 1.54) is 0 Å². The molecule has 0 aromatic carbocycles. The molecule has 0 saturated carbocycles. The average Bonchev–Trinajstić information content (AvgIpc) is 2.34. The first kappa shape index (κ1) is 14.9. The van der Waals surface area contributed by atoms with Crippen LogP contribution in [0, 0.1) is 0 Å². The lowest BCUT2D eigenvalue weighted by Gasteiger charge is -2.38. The molecule has 0 amide bonds. The first-order valence-electron chi connectivity index (χ1n) is 6.74. The fourth-order valence-electron chi connectivity index (χ4n) is 2.37. The van der Waals surface area contributed by atoms with E-state index in [0.29, 0.717) is 18.1 Å². The Bertz CT molecular complexity index is 202. The Hall–Kier alpha value is -0.160. The molecule has 0 aliphatic carbocycles. The van der Waals surface area contributed by atoms with Crippen molar-refractivity contribution in [3.05, 3.63) is 0 Å². The lowest BCUT2D eigenvalue weighted by molar-refractivity contribution is -0.0189. The van der Waals surface area contributed by atoms with Crippen molar-refractivity contribution in [2.24, 2.45) is 0 Å². The van der Waals surface area contributed by atoms with Crippen LogP contribution in [-0.4, -0.2) is 63.0 Å². The monoisotopic (exact) mass is 244 g/mol. The lowest BCUT2D eigenvalue weighted by atomic mass is 10.1. The third-order valence-electron chi connectivity index (χ3n) is 3.55. The third-order valence-corrected chi connectivity index (χ3v) is 3.55. The molecule has 0 aromatic heterocycles. The quantitative estimate of drug-likeness (QED) is 0.727. The van der Waals surface area contributed by atoms with Gasteiger partial charge in [0.1, 0.15) is 0 Å². The van der Waals surface area contributed by atoms with Crippen LogP contribution in [0.5, 0.6) is 0 Å². The number of nitrogens with zero attached hydrogens (tertiary/aromatic N) is 1. The molecular formula is C13H28N2O2. The van der Waals surface area contributed by atoms with Crippen molar-refractivity contribution < 1.29 is 9.47 Å². The van der Waals surface area contributed by atoms with Gasteiger partial charge in [0.15, 0.2) is 0 Å². The van der Waals surface area contributed by atoms with Crippen molar-refractivity contribution in [3.63, 3.8) is 0 Å². The Morgan fingerprint density at radius 1 is 1.53 bits per heavy atom. The highest BCUT2D eigenvalue weighted by atomic mass is 16.5. The van der Waals surface area contributed by atoms with E-state index >= 15 is 0 Å². The summed E-state index contributed by atoms with van der Waals surface area (Å²) in [7, 11) is 1.76. The third kappa shape index (κ3) is 4.92. The summed E-state index contributed by atoms with van der Waals surface area (Å²) in [6.07, 6.45) is 1.11. The molecule has 0 bridgehead atoms. The number of nitrogens with one attached hydrogen (secondary N) is 1. The van der Waals surface area contributed by atoms with Gasteiger partial charge in [-0.05, 0) is 20.3 Å². The highest BCUT2D eigenvalue weighted by molar-refractivity contribution is 4.79. The normalized spacial score (nSPS) is 25.8. The summed E-state index contributed by atoms with van der Waals surface area (Å²) in [5.41, 5.74) is 0. The average molecular weight is 244 g/mol. The van der Waals surface area contributed by atoms with Gasteiger partial charge in [-0.2, -0.15) is 0 Å². The summed E-state index contributed by atoms with van der Waals surface area (Å²) >= 11 is 0. The van der Waals surface area contributed by atoms with Crippen molar-refractivity contribution >= 4 is 0 Å². The number of methoxy groups -OCH3 is 1. The zero-order chi connectivity index (χ0) is 12.7. The summed E-state index contributed by atoms with van der Waals surface area (Å²) in [4.78, 5) is 2.52. The van der Waals surface area contributed by atoms with Crippen molar-refractivity contribution in [2.45, 2.75) is 45.3 Å². The van der Waals surface area contributed by atoms with Crippen molar-refractivity contribution in [1.29, 1.82) is 0 Å². The second-order valence-corrected chi connectivity index (χ2v) is 4.98. The summed E-state index contributed by atoms with van der Waals surface area (Å²) in [5.74, 6) is 0. The number of hydrogen-bond acceptors (Lipinski definition) is 4. The van der Waals surface area contributed by atoms with E-state index in [0.717, 1.165) is 39.3 Å². The van der Waals surface area contributed by atoms with Crippen molar-refractivity contribution in [2.75, 3.05) is 40.0 Å². The van der Waals surface area contributed by atoms with E-state index in [9.17, 15) is 0 Å². The van der Waals surface area contributed by atoms with E-state index in [-0.39, 0.29) is 0 Å². The smallest absolute Gasteiger partial charge is 0.0619 e. The molecule has 4 heteroatoms. The van der Waals surface area contributed by atoms with Crippen LogP contribution < -0.4 is 5.32 Å². The minimum Gasteiger partial charge on any atom is -0.383 e. The first-order chi connectivity index (χ1) is 8.19. The van der Waals surface area contributed by atoms with Gasteiger partial charge in [-0.25, -0.2) is 0 Å². The summed E-state index contributed by atoms with van der Waals surface area (Å²) in [5, 5.41) is 3.58. The Kier molecular flexibility index (Phi) is 7.04. The Morgan fingerprint density at radius 3 is 2.88 bits per heavy atom. The molecule has 1 rings (SSSR count). The highest BCUT2D eigenvalue weighted by Crippen LogP contribution is 2.10. The zero-order valence-corrected chi connectivity index (χ0v) is 11.7. The number of hydrogen-bond donors (Lipinski definition) is 1. The van der Waals surface area contributed by atoms with Gasteiger partial charge in [0.25, 0.3) is 0 Å². The standard InChI is InChI=1S/C13H28N2O2/c1-5-13(10-16-4)14-8-11(2)15-6-7-17-9-12(15)3/h11-14H,5-10H2,1-4H3. The van der Waals surface area contributed by atoms with Gasteiger partial charge in [0.05, 0.1) is 19.8 Å². The van der Waals surface area contributed by atoms with Crippen molar-refractivity contribution in [1.82, 2.24) is 10.2 Å². The maximum Gasteiger partial charge on any atom is 0.0619 e. The van der Waals surface area contributed by atoms with Gasteiger partial charge in [0, 0.05) is 38.3 Å². The second kappa shape index (κ2) is 8.03. The van der Waals surface area contributed by atoms with Gasteiger partial charge in [-0.3, -0.25) is 4.90 Å². The summed E-state index contributed by atoms with van der Waals surface area (Å²) in [6.45, 7) is 11.3. The fraction of sp³-hybridized carbons (Fsp3) is 1.00.